The molecule has 0 radical (unpaired) electrons. The van der Waals surface area contributed by atoms with E-state index >= 15 is 0 Å². The van der Waals surface area contributed by atoms with E-state index in [1.807, 2.05) is 6.07 Å². The molecule has 1 unspecified atom stereocenters. The minimum absolute atomic E-state index is 0.304. The topological polar surface area (TPSA) is 48.4 Å². The molecule has 0 aromatic carbocycles. The van der Waals surface area contributed by atoms with Crippen LogP contribution in [0.5, 0.6) is 0 Å². The first kappa shape index (κ1) is 14.3. The molecule has 2 rings (SSSR count). The summed E-state index contributed by atoms with van der Waals surface area (Å²) in [4.78, 5) is 7.15. The fourth-order valence-electron chi connectivity index (χ4n) is 2.81. The summed E-state index contributed by atoms with van der Waals surface area (Å²) in [6, 6.07) is 6.80. The number of hydrogen-bond donors (Lipinski definition) is 2. The molecule has 2 N–H and O–H groups in total. The molecular weight excluding hydrogens is 238 g/mol. The summed E-state index contributed by atoms with van der Waals surface area (Å²) in [5, 5.41) is 12.2. The molecule has 1 fully saturated rings. The zero-order chi connectivity index (χ0) is 13.5. The van der Waals surface area contributed by atoms with Gasteiger partial charge in [0, 0.05) is 25.7 Å². The lowest BCUT2D eigenvalue weighted by Gasteiger charge is -2.24. The van der Waals surface area contributed by atoms with E-state index in [9.17, 15) is 0 Å². The normalized spacial score (nSPS) is 19.8. The Kier molecular flexibility index (Phi) is 5.61. The molecule has 0 saturated carbocycles. The number of aliphatic hydroxyl groups is 1. The first-order valence-electron chi connectivity index (χ1n) is 7.38. The lowest BCUT2D eigenvalue weighted by molar-refractivity contribution is 0.208. The van der Waals surface area contributed by atoms with Crippen LogP contribution in [-0.4, -0.2) is 40.7 Å². The highest BCUT2D eigenvalue weighted by atomic mass is 16.2. The Balaban J connectivity index is 1.93. The Morgan fingerprint density at radius 3 is 3.16 bits per heavy atom. The molecule has 106 valence electrons. The number of rotatable bonds is 7. The highest BCUT2D eigenvalue weighted by Crippen LogP contribution is 2.23. The van der Waals surface area contributed by atoms with Gasteiger partial charge in [-0.1, -0.05) is 6.07 Å². The summed E-state index contributed by atoms with van der Waals surface area (Å²) in [5.74, 6) is 0.964. The van der Waals surface area contributed by atoms with Crippen LogP contribution in [0.2, 0.25) is 0 Å². The van der Waals surface area contributed by atoms with Crippen molar-refractivity contribution in [3.05, 3.63) is 23.9 Å². The fourth-order valence-corrected chi connectivity index (χ4v) is 2.81. The van der Waals surface area contributed by atoms with Crippen molar-refractivity contribution < 1.29 is 5.11 Å². The standard InChI is InChI=1S/C15H25N3O/c1-2-16-15-9-3-6-13(17-15)12-18-10-4-7-14(18)8-5-11-19/h3,6,9,14,19H,2,4-5,7-8,10-12H2,1H3,(H,16,17). The third-order valence-electron chi connectivity index (χ3n) is 3.72. The van der Waals surface area contributed by atoms with Gasteiger partial charge in [-0.3, -0.25) is 4.90 Å². The van der Waals surface area contributed by atoms with E-state index in [2.05, 4.69) is 34.3 Å². The summed E-state index contributed by atoms with van der Waals surface area (Å²) >= 11 is 0. The van der Waals surface area contributed by atoms with Crippen LogP contribution < -0.4 is 5.32 Å². The van der Waals surface area contributed by atoms with Gasteiger partial charge in [0.1, 0.15) is 5.82 Å². The maximum Gasteiger partial charge on any atom is 0.126 e. The Labute approximate surface area is 115 Å². The molecule has 1 aliphatic rings. The lowest BCUT2D eigenvalue weighted by atomic mass is 10.1. The number of nitrogens with one attached hydrogen (secondary N) is 1. The summed E-state index contributed by atoms with van der Waals surface area (Å²) in [6.07, 6.45) is 4.53. The molecule has 1 saturated heterocycles. The van der Waals surface area contributed by atoms with Crippen molar-refractivity contribution in [2.45, 2.75) is 45.2 Å². The van der Waals surface area contributed by atoms with E-state index < -0.39 is 0 Å². The third-order valence-corrected chi connectivity index (χ3v) is 3.72. The maximum atomic E-state index is 8.96. The molecule has 19 heavy (non-hydrogen) atoms. The molecular formula is C15H25N3O. The molecule has 1 aliphatic heterocycles. The van der Waals surface area contributed by atoms with Gasteiger partial charge < -0.3 is 10.4 Å². The third kappa shape index (κ3) is 4.18. The van der Waals surface area contributed by atoms with Gasteiger partial charge in [0.15, 0.2) is 0 Å². The average molecular weight is 263 g/mol. The highest BCUT2D eigenvalue weighted by molar-refractivity contribution is 5.35. The summed E-state index contributed by atoms with van der Waals surface area (Å²) < 4.78 is 0. The van der Waals surface area contributed by atoms with Gasteiger partial charge >= 0.3 is 0 Å². The SMILES string of the molecule is CCNc1cccc(CN2CCCC2CCCO)n1. The number of aromatic nitrogens is 1. The lowest BCUT2D eigenvalue weighted by Crippen LogP contribution is -2.29. The number of anilines is 1. The second-order valence-corrected chi connectivity index (χ2v) is 5.18. The van der Waals surface area contributed by atoms with Gasteiger partial charge in [0.25, 0.3) is 0 Å². The molecule has 1 aromatic heterocycles. The zero-order valence-electron chi connectivity index (χ0n) is 11.8. The molecule has 4 nitrogen and oxygen atoms in total. The van der Waals surface area contributed by atoms with E-state index in [1.54, 1.807) is 0 Å². The van der Waals surface area contributed by atoms with Crippen LogP contribution in [0.4, 0.5) is 5.82 Å². The van der Waals surface area contributed by atoms with Crippen molar-refractivity contribution in [2.24, 2.45) is 0 Å². The molecule has 0 aliphatic carbocycles. The predicted molar refractivity (Wildman–Crippen MR) is 78.2 cm³/mol. The van der Waals surface area contributed by atoms with E-state index in [-0.39, 0.29) is 0 Å². The molecule has 2 heterocycles. The van der Waals surface area contributed by atoms with Crippen LogP contribution in [-0.2, 0) is 6.54 Å². The van der Waals surface area contributed by atoms with Crippen molar-refractivity contribution >= 4 is 5.82 Å². The van der Waals surface area contributed by atoms with Crippen LogP contribution in [0.25, 0.3) is 0 Å². The zero-order valence-corrected chi connectivity index (χ0v) is 11.8. The minimum Gasteiger partial charge on any atom is -0.396 e. The van der Waals surface area contributed by atoms with Gasteiger partial charge in [-0.05, 0) is 51.3 Å². The van der Waals surface area contributed by atoms with E-state index in [4.69, 9.17) is 5.11 Å². The van der Waals surface area contributed by atoms with Crippen LogP contribution in [0, 0.1) is 0 Å². The summed E-state index contributed by atoms with van der Waals surface area (Å²) in [6.45, 7) is 5.37. The van der Waals surface area contributed by atoms with E-state index in [1.165, 1.54) is 12.8 Å². The van der Waals surface area contributed by atoms with Crippen molar-refractivity contribution in [1.29, 1.82) is 0 Å². The summed E-state index contributed by atoms with van der Waals surface area (Å²) in [5.41, 5.74) is 1.13. The average Bonchev–Trinajstić information content (AvgIpc) is 2.84. The Morgan fingerprint density at radius 2 is 2.37 bits per heavy atom. The molecule has 0 spiro atoms. The van der Waals surface area contributed by atoms with E-state index in [0.29, 0.717) is 12.6 Å². The van der Waals surface area contributed by atoms with Crippen molar-refractivity contribution in [3.8, 4) is 0 Å². The molecule has 4 heteroatoms. The molecule has 0 bridgehead atoms. The number of nitrogens with zero attached hydrogens (tertiary/aromatic N) is 2. The Morgan fingerprint density at radius 1 is 1.47 bits per heavy atom. The number of aliphatic hydroxyl groups excluding tert-OH is 1. The molecule has 1 atom stereocenters. The number of likely N-dealkylation sites (tertiary alicyclic amines) is 1. The van der Waals surface area contributed by atoms with Crippen molar-refractivity contribution in [3.63, 3.8) is 0 Å². The molecule has 1 aromatic rings. The first-order valence-corrected chi connectivity index (χ1v) is 7.38. The van der Waals surface area contributed by atoms with Gasteiger partial charge in [0.05, 0.1) is 5.69 Å². The maximum absolute atomic E-state index is 8.96. The first-order chi connectivity index (χ1) is 9.33. The largest absolute Gasteiger partial charge is 0.396 e. The smallest absolute Gasteiger partial charge is 0.126 e. The van der Waals surface area contributed by atoms with Gasteiger partial charge in [-0.2, -0.15) is 0 Å². The van der Waals surface area contributed by atoms with E-state index in [0.717, 1.165) is 44.0 Å². The second-order valence-electron chi connectivity index (χ2n) is 5.18. The van der Waals surface area contributed by atoms with Gasteiger partial charge in [-0.15, -0.1) is 0 Å². The minimum atomic E-state index is 0.304. The number of hydrogen-bond acceptors (Lipinski definition) is 4. The van der Waals surface area contributed by atoms with Crippen LogP contribution in [0.15, 0.2) is 18.2 Å². The van der Waals surface area contributed by atoms with Crippen molar-refractivity contribution in [1.82, 2.24) is 9.88 Å². The predicted octanol–water partition coefficient (Wildman–Crippen LogP) is 2.25. The fraction of sp³-hybridized carbons (Fsp3) is 0.667. The highest BCUT2D eigenvalue weighted by Gasteiger charge is 2.24. The molecule has 0 amide bonds. The van der Waals surface area contributed by atoms with Crippen LogP contribution >= 0.6 is 0 Å². The number of pyridine rings is 1. The Bertz CT molecular complexity index is 383. The van der Waals surface area contributed by atoms with Gasteiger partial charge in [0.2, 0.25) is 0 Å². The van der Waals surface area contributed by atoms with Crippen molar-refractivity contribution in [2.75, 3.05) is 25.0 Å². The monoisotopic (exact) mass is 263 g/mol. The summed E-state index contributed by atoms with van der Waals surface area (Å²) in [7, 11) is 0. The Hall–Kier alpha value is -1.13. The quantitative estimate of drug-likeness (QED) is 0.792. The van der Waals surface area contributed by atoms with Crippen LogP contribution in [0.1, 0.15) is 38.3 Å². The van der Waals surface area contributed by atoms with Crippen LogP contribution in [0.3, 0.4) is 0 Å². The second kappa shape index (κ2) is 7.46. The van der Waals surface area contributed by atoms with Gasteiger partial charge in [-0.25, -0.2) is 4.98 Å².